The first-order valence-corrected chi connectivity index (χ1v) is 8.22. The number of furan rings is 1. The molecule has 1 aliphatic rings. The van der Waals surface area contributed by atoms with E-state index in [9.17, 15) is 4.79 Å². The summed E-state index contributed by atoms with van der Waals surface area (Å²) in [7, 11) is 1.63. The van der Waals surface area contributed by atoms with Crippen molar-refractivity contribution in [3.8, 4) is 11.5 Å². The molecule has 126 valence electrons. The summed E-state index contributed by atoms with van der Waals surface area (Å²) in [6.07, 6.45) is 4.24. The van der Waals surface area contributed by atoms with Crippen LogP contribution in [0.4, 0.5) is 0 Å². The average molecular weight is 334 g/mol. The average Bonchev–Trinajstić information content (AvgIpc) is 3.21. The first-order valence-electron chi connectivity index (χ1n) is 8.22. The number of rotatable bonds is 4. The van der Waals surface area contributed by atoms with Crippen LogP contribution < -0.4 is 9.47 Å². The number of ether oxygens (including phenoxy) is 2. The predicted molar refractivity (Wildman–Crippen MR) is 96.4 cm³/mol. The minimum atomic E-state index is -0.182. The molecule has 4 heteroatoms. The minimum absolute atomic E-state index is 0.125. The predicted octanol–water partition coefficient (Wildman–Crippen LogP) is 4.66. The van der Waals surface area contributed by atoms with Crippen LogP contribution in [0.1, 0.15) is 28.6 Å². The lowest BCUT2D eigenvalue weighted by molar-refractivity contribution is 0.102. The quantitative estimate of drug-likeness (QED) is 0.514. The van der Waals surface area contributed by atoms with E-state index < -0.39 is 0 Å². The van der Waals surface area contributed by atoms with Crippen molar-refractivity contribution in [2.45, 2.75) is 19.4 Å². The van der Waals surface area contributed by atoms with E-state index in [1.165, 1.54) is 6.08 Å². The van der Waals surface area contributed by atoms with Crippen molar-refractivity contribution in [1.29, 1.82) is 0 Å². The molecule has 1 aromatic heterocycles. The maximum absolute atomic E-state index is 12.5. The van der Waals surface area contributed by atoms with E-state index in [0.717, 1.165) is 34.4 Å². The molecule has 4 nitrogen and oxygen atoms in total. The van der Waals surface area contributed by atoms with Gasteiger partial charge in [-0.2, -0.15) is 0 Å². The fourth-order valence-electron chi connectivity index (χ4n) is 3.12. The van der Waals surface area contributed by atoms with Crippen molar-refractivity contribution in [1.82, 2.24) is 0 Å². The van der Waals surface area contributed by atoms with Gasteiger partial charge in [0, 0.05) is 22.9 Å². The highest BCUT2D eigenvalue weighted by atomic mass is 16.5. The van der Waals surface area contributed by atoms with Crippen LogP contribution in [0, 0.1) is 0 Å². The lowest BCUT2D eigenvalue weighted by atomic mass is 10.0. The largest absolute Gasteiger partial charge is 0.497 e. The first-order chi connectivity index (χ1) is 12.1. The summed E-state index contributed by atoms with van der Waals surface area (Å²) in [5.41, 5.74) is 2.64. The standard InChI is InChI=1S/C21H18O4/c1-13-9-16-11-17(23-2)10-15(21(16)24-13)7-8-18(22)20-12-14-5-3-4-6-19(14)25-20/h3-8,10-13H,9H2,1-2H3/b8-7+. The Bertz CT molecular complexity index is 948. The van der Waals surface area contributed by atoms with Gasteiger partial charge in [0.15, 0.2) is 5.76 Å². The van der Waals surface area contributed by atoms with Crippen LogP contribution in [0.2, 0.25) is 0 Å². The van der Waals surface area contributed by atoms with Crippen LogP contribution in [0.3, 0.4) is 0 Å². The second-order valence-electron chi connectivity index (χ2n) is 6.18. The van der Waals surface area contributed by atoms with Gasteiger partial charge in [-0.05, 0) is 43.3 Å². The number of allylic oxidation sites excluding steroid dienone is 1. The summed E-state index contributed by atoms with van der Waals surface area (Å²) < 4.78 is 16.9. The smallest absolute Gasteiger partial charge is 0.221 e. The zero-order chi connectivity index (χ0) is 17.4. The van der Waals surface area contributed by atoms with E-state index in [-0.39, 0.29) is 11.9 Å². The van der Waals surface area contributed by atoms with Crippen molar-refractivity contribution in [2.75, 3.05) is 7.11 Å². The number of carbonyl (C=O) groups is 1. The Kier molecular flexibility index (Phi) is 3.80. The molecule has 1 atom stereocenters. The number of fused-ring (bicyclic) bond motifs is 2. The monoisotopic (exact) mass is 334 g/mol. The Morgan fingerprint density at radius 3 is 2.88 bits per heavy atom. The molecule has 3 aromatic rings. The van der Waals surface area contributed by atoms with Crippen LogP contribution in [0.5, 0.6) is 11.5 Å². The van der Waals surface area contributed by atoms with Gasteiger partial charge in [0.05, 0.1) is 7.11 Å². The number of hydrogen-bond acceptors (Lipinski definition) is 4. The normalized spacial score (nSPS) is 16.2. The van der Waals surface area contributed by atoms with Crippen molar-refractivity contribution in [2.24, 2.45) is 0 Å². The summed E-state index contributed by atoms with van der Waals surface area (Å²) in [6, 6.07) is 13.2. The lowest BCUT2D eigenvalue weighted by Crippen LogP contribution is -2.05. The van der Waals surface area contributed by atoms with E-state index in [1.54, 1.807) is 19.3 Å². The first kappa shape index (κ1) is 15.5. The number of methoxy groups -OCH3 is 1. The van der Waals surface area contributed by atoms with Gasteiger partial charge in [-0.15, -0.1) is 0 Å². The molecule has 2 aromatic carbocycles. The van der Waals surface area contributed by atoms with Crippen LogP contribution in [-0.2, 0) is 6.42 Å². The molecule has 0 fully saturated rings. The van der Waals surface area contributed by atoms with Gasteiger partial charge in [0.1, 0.15) is 23.2 Å². The Labute approximate surface area is 145 Å². The molecule has 0 bridgehead atoms. The van der Waals surface area contributed by atoms with E-state index in [0.29, 0.717) is 11.3 Å². The second-order valence-corrected chi connectivity index (χ2v) is 6.18. The Hall–Kier alpha value is -3.01. The highest BCUT2D eigenvalue weighted by molar-refractivity contribution is 6.07. The third-order valence-electron chi connectivity index (χ3n) is 4.31. The number of para-hydroxylation sites is 1. The summed E-state index contributed by atoms with van der Waals surface area (Å²) in [6.45, 7) is 2.03. The van der Waals surface area contributed by atoms with Crippen molar-refractivity contribution in [3.05, 3.63) is 65.4 Å². The Morgan fingerprint density at radius 2 is 2.08 bits per heavy atom. The molecule has 1 aliphatic heterocycles. The molecule has 0 aliphatic carbocycles. The number of hydrogen-bond donors (Lipinski definition) is 0. The van der Waals surface area contributed by atoms with Crippen LogP contribution >= 0.6 is 0 Å². The van der Waals surface area contributed by atoms with Gasteiger partial charge in [0.2, 0.25) is 5.78 Å². The number of ketones is 1. The third kappa shape index (κ3) is 2.91. The Morgan fingerprint density at radius 1 is 1.24 bits per heavy atom. The SMILES string of the molecule is COc1cc(/C=C/C(=O)c2cc3ccccc3o2)c2c(c1)CC(C)O2. The molecule has 2 heterocycles. The molecule has 0 saturated carbocycles. The van der Waals surface area contributed by atoms with Crippen molar-refractivity contribution >= 4 is 22.8 Å². The maximum atomic E-state index is 12.5. The van der Waals surface area contributed by atoms with E-state index in [2.05, 4.69) is 0 Å². The molecule has 0 saturated heterocycles. The summed E-state index contributed by atoms with van der Waals surface area (Å²) in [4.78, 5) is 12.5. The zero-order valence-electron chi connectivity index (χ0n) is 14.1. The van der Waals surface area contributed by atoms with Crippen LogP contribution in [0.15, 0.2) is 53.0 Å². The molecule has 0 N–H and O–H groups in total. The molecular weight excluding hydrogens is 316 g/mol. The molecular formula is C21H18O4. The Balaban J connectivity index is 1.65. The van der Waals surface area contributed by atoms with Gasteiger partial charge >= 0.3 is 0 Å². The molecule has 1 unspecified atom stereocenters. The fraction of sp³-hybridized carbons (Fsp3) is 0.190. The lowest BCUT2D eigenvalue weighted by Gasteiger charge is -2.08. The molecule has 0 spiro atoms. The number of carbonyl (C=O) groups excluding carboxylic acids is 1. The topological polar surface area (TPSA) is 48.7 Å². The maximum Gasteiger partial charge on any atom is 0.221 e. The summed E-state index contributed by atoms with van der Waals surface area (Å²) in [5, 5.41) is 0.915. The van der Waals surface area contributed by atoms with E-state index >= 15 is 0 Å². The summed E-state index contributed by atoms with van der Waals surface area (Å²) >= 11 is 0. The molecule has 25 heavy (non-hydrogen) atoms. The van der Waals surface area contributed by atoms with Gasteiger partial charge in [-0.1, -0.05) is 18.2 Å². The molecule has 0 radical (unpaired) electrons. The molecule has 4 rings (SSSR count). The second kappa shape index (κ2) is 6.13. The van der Waals surface area contributed by atoms with Crippen LogP contribution in [-0.4, -0.2) is 19.0 Å². The van der Waals surface area contributed by atoms with E-state index in [4.69, 9.17) is 13.9 Å². The highest BCUT2D eigenvalue weighted by Gasteiger charge is 2.22. The van der Waals surface area contributed by atoms with Crippen LogP contribution in [0.25, 0.3) is 17.0 Å². The molecule has 0 amide bonds. The van der Waals surface area contributed by atoms with Crippen molar-refractivity contribution < 1.29 is 18.7 Å². The highest BCUT2D eigenvalue weighted by Crippen LogP contribution is 2.37. The third-order valence-corrected chi connectivity index (χ3v) is 4.31. The van der Waals surface area contributed by atoms with Crippen molar-refractivity contribution in [3.63, 3.8) is 0 Å². The zero-order valence-corrected chi connectivity index (χ0v) is 14.1. The van der Waals surface area contributed by atoms with Gasteiger partial charge in [-0.3, -0.25) is 4.79 Å². The van der Waals surface area contributed by atoms with Gasteiger partial charge < -0.3 is 13.9 Å². The minimum Gasteiger partial charge on any atom is -0.497 e. The van der Waals surface area contributed by atoms with Gasteiger partial charge in [0.25, 0.3) is 0 Å². The summed E-state index contributed by atoms with van der Waals surface area (Å²) in [5.74, 6) is 1.72. The number of benzene rings is 2. The van der Waals surface area contributed by atoms with E-state index in [1.807, 2.05) is 43.3 Å². The fourth-order valence-corrected chi connectivity index (χ4v) is 3.12. The van der Waals surface area contributed by atoms with Gasteiger partial charge in [-0.25, -0.2) is 0 Å².